The Morgan fingerprint density at radius 2 is 1.95 bits per heavy atom. The molecular formula is C24H37F2N2O11P. The first-order valence-electron chi connectivity index (χ1n) is 13.0. The maximum absolute atomic E-state index is 13.6. The zero-order chi connectivity index (χ0) is 29.7. The van der Waals surface area contributed by atoms with E-state index in [1.54, 1.807) is 20.8 Å². The Morgan fingerprint density at radius 1 is 1.23 bits per heavy atom. The second-order valence-corrected chi connectivity index (χ2v) is 12.3. The number of hydrogen-bond donors (Lipinski definition) is 1. The van der Waals surface area contributed by atoms with Gasteiger partial charge in [0, 0.05) is 18.9 Å². The lowest BCUT2D eigenvalue weighted by Crippen LogP contribution is -2.43. The lowest BCUT2D eigenvalue weighted by Gasteiger charge is -2.32. The van der Waals surface area contributed by atoms with Gasteiger partial charge in [0.25, 0.3) is 12.0 Å². The summed E-state index contributed by atoms with van der Waals surface area (Å²) in [6.45, 7) is 6.61. The Hall–Kier alpha value is -2.00. The minimum atomic E-state index is -4.69. The van der Waals surface area contributed by atoms with Crippen molar-refractivity contribution in [3.05, 3.63) is 33.1 Å². The SMILES string of the molecule is CC(C)OP(=O)(OCC(F)F)O[C@H]1[C@@H](OC2CCCCO2)[C@H](n2ccc(=O)[nH]c2=O)O[C@@H]1COC(=O)C(C)(C)C. The normalized spacial score (nSPS) is 27.2. The van der Waals surface area contributed by atoms with Gasteiger partial charge in [-0.05, 0) is 53.9 Å². The summed E-state index contributed by atoms with van der Waals surface area (Å²) in [6, 6.07) is 1.08. The quantitative estimate of drug-likeness (QED) is 0.279. The molecule has 0 saturated carbocycles. The van der Waals surface area contributed by atoms with Crippen LogP contribution in [0.2, 0.25) is 0 Å². The molecule has 13 nitrogen and oxygen atoms in total. The summed E-state index contributed by atoms with van der Waals surface area (Å²) in [5, 5.41) is 0. The van der Waals surface area contributed by atoms with E-state index < -0.39 is 87.0 Å². The average molecular weight is 599 g/mol. The third kappa shape index (κ3) is 9.00. The highest BCUT2D eigenvalue weighted by atomic mass is 31.2. The van der Waals surface area contributed by atoms with Crippen molar-refractivity contribution < 1.29 is 50.7 Å². The number of esters is 1. The van der Waals surface area contributed by atoms with Crippen LogP contribution >= 0.6 is 7.82 Å². The molecule has 0 spiro atoms. The number of aromatic nitrogens is 2. The van der Waals surface area contributed by atoms with Crippen molar-refractivity contribution in [2.24, 2.45) is 5.41 Å². The zero-order valence-corrected chi connectivity index (χ0v) is 24.0. The van der Waals surface area contributed by atoms with E-state index in [4.69, 9.17) is 32.5 Å². The summed E-state index contributed by atoms with van der Waals surface area (Å²) in [6.07, 6.45) is -6.55. The van der Waals surface area contributed by atoms with Crippen molar-refractivity contribution in [2.75, 3.05) is 19.8 Å². The fraction of sp³-hybridized carbons (Fsp3) is 0.792. The predicted molar refractivity (Wildman–Crippen MR) is 135 cm³/mol. The molecule has 2 aliphatic heterocycles. The topological polar surface area (TPSA) is 154 Å². The number of halogens is 2. The van der Waals surface area contributed by atoms with E-state index in [1.165, 1.54) is 20.0 Å². The summed E-state index contributed by atoms with van der Waals surface area (Å²) >= 11 is 0. The minimum absolute atomic E-state index is 0.395. The summed E-state index contributed by atoms with van der Waals surface area (Å²) in [4.78, 5) is 39.1. The molecule has 0 aromatic carbocycles. The van der Waals surface area contributed by atoms with Crippen LogP contribution in [-0.4, -0.2) is 72.5 Å². The smallest absolute Gasteiger partial charge is 0.462 e. The van der Waals surface area contributed by atoms with E-state index >= 15 is 0 Å². The summed E-state index contributed by atoms with van der Waals surface area (Å²) < 4.78 is 79.9. The monoisotopic (exact) mass is 598 g/mol. The van der Waals surface area contributed by atoms with Crippen LogP contribution in [0.15, 0.2) is 21.9 Å². The molecule has 3 heterocycles. The molecule has 6 atom stereocenters. The number of carbonyl (C=O) groups excluding carboxylic acids is 1. The predicted octanol–water partition coefficient (Wildman–Crippen LogP) is 3.14. The van der Waals surface area contributed by atoms with Crippen LogP contribution in [0.3, 0.4) is 0 Å². The van der Waals surface area contributed by atoms with E-state index in [9.17, 15) is 27.7 Å². The summed E-state index contributed by atoms with van der Waals surface area (Å²) in [5.41, 5.74) is -2.39. The van der Waals surface area contributed by atoms with Gasteiger partial charge >= 0.3 is 19.5 Å². The van der Waals surface area contributed by atoms with Crippen molar-refractivity contribution in [2.45, 2.75) is 97.2 Å². The molecule has 1 aromatic heterocycles. The maximum Gasteiger partial charge on any atom is 0.475 e. The molecule has 2 saturated heterocycles. The highest BCUT2D eigenvalue weighted by Gasteiger charge is 2.53. The Bertz CT molecular complexity index is 1150. The van der Waals surface area contributed by atoms with Crippen molar-refractivity contribution in [3.63, 3.8) is 0 Å². The number of H-pyrrole nitrogens is 1. The number of phosphoric ester groups is 1. The first kappa shape index (κ1) is 32.5. The first-order chi connectivity index (χ1) is 18.7. The van der Waals surface area contributed by atoms with Crippen molar-refractivity contribution in [1.82, 2.24) is 9.55 Å². The van der Waals surface area contributed by atoms with Gasteiger partial charge in [0.1, 0.15) is 31.5 Å². The number of rotatable bonds is 12. The minimum Gasteiger partial charge on any atom is -0.462 e. The van der Waals surface area contributed by atoms with Crippen molar-refractivity contribution in [1.29, 1.82) is 0 Å². The van der Waals surface area contributed by atoms with Crippen LogP contribution in [0.4, 0.5) is 8.78 Å². The number of nitrogens with zero attached hydrogens (tertiary/aromatic N) is 1. The number of carbonyl (C=O) groups is 1. The fourth-order valence-electron chi connectivity index (χ4n) is 3.97. The van der Waals surface area contributed by atoms with Gasteiger partial charge in [-0.15, -0.1) is 0 Å². The molecule has 0 radical (unpaired) electrons. The molecule has 2 unspecified atom stereocenters. The van der Waals surface area contributed by atoms with E-state index in [0.717, 1.165) is 23.5 Å². The number of nitrogens with one attached hydrogen (secondary N) is 1. The molecule has 3 rings (SSSR count). The molecule has 16 heteroatoms. The standard InChI is InChI=1S/C24H37F2N2O11P/c1-14(2)38-40(32,35-13-16(25)26)39-19-15(12-34-22(30)24(3,4)5)36-21(28-10-9-17(29)27-23(28)31)20(19)37-18-8-6-7-11-33-18/h9-10,14-16,18-21H,6-8,11-13H2,1-5H3,(H,27,29,31)/t15-,18?,19-,20-,21-,40?/m1/s1. The van der Waals surface area contributed by atoms with Gasteiger partial charge in [-0.2, -0.15) is 0 Å². The third-order valence-electron chi connectivity index (χ3n) is 5.80. The fourth-order valence-corrected chi connectivity index (χ4v) is 5.51. The van der Waals surface area contributed by atoms with Crippen LogP contribution in [0.1, 0.15) is 60.1 Å². The van der Waals surface area contributed by atoms with Crippen LogP contribution in [0.5, 0.6) is 0 Å². The second-order valence-electron chi connectivity index (χ2n) is 10.7. The Kier molecular flexibility index (Phi) is 11.2. The van der Waals surface area contributed by atoms with Gasteiger partial charge in [-0.25, -0.2) is 18.1 Å². The van der Waals surface area contributed by atoms with Crippen molar-refractivity contribution in [3.8, 4) is 0 Å². The van der Waals surface area contributed by atoms with Crippen LogP contribution in [-0.2, 0) is 41.9 Å². The Balaban J connectivity index is 2.03. The third-order valence-corrected chi connectivity index (χ3v) is 7.44. The van der Waals surface area contributed by atoms with Gasteiger partial charge in [0.15, 0.2) is 12.5 Å². The van der Waals surface area contributed by atoms with Gasteiger partial charge in [-0.1, -0.05) is 0 Å². The van der Waals surface area contributed by atoms with Crippen LogP contribution in [0, 0.1) is 5.41 Å². The molecule has 1 aromatic rings. The molecular weight excluding hydrogens is 561 g/mol. The molecule has 2 aliphatic rings. The summed E-state index contributed by atoms with van der Waals surface area (Å²) in [7, 11) is -4.69. The lowest BCUT2D eigenvalue weighted by molar-refractivity contribution is -0.215. The Morgan fingerprint density at radius 3 is 2.52 bits per heavy atom. The highest BCUT2D eigenvalue weighted by molar-refractivity contribution is 7.48. The van der Waals surface area contributed by atoms with E-state index in [0.29, 0.717) is 13.0 Å². The van der Waals surface area contributed by atoms with Crippen molar-refractivity contribution >= 4 is 13.8 Å². The largest absolute Gasteiger partial charge is 0.475 e. The Labute approximate surface area is 230 Å². The molecule has 0 aliphatic carbocycles. The van der Waals surface area contributed by atoms with E-state index in [-0.39, 0.29) is 0 Å². The van der Waals surface area contributed by atoms with E-state index in [1.807, 2.05) is 0 Å². The number of phosphoric acid groups is 1. The van der Waals surface area contributed by atoms with Gasteiger partial charge in [0.05, 0.1) is 11.5 Å². The first-order valence-corrected chi connectivity index (χ1v) is 14.5. The number of aromatic amines is 1. The van der Waals surface area contributed by atoms with Crippen LogP contribution in [0.25, 0.3) is 0 Å². The van der Waals surface area contributed by atoms with Crippen LogP contribution < -0.4 is 11.2 Å². The second kappa shape index (κ2) is 13.8. The maximum atomic E-state index is 13.6. The highest BCUT2D eigenvalue weighted by Crippen LogP contribution is 2.54. The van der Waals surface area contributed by atoms with Gasteiger partial charge in [0.2, 0.25) is 0 Å². The molecule has 228 valence electrons. The molecule has 0 bridgehead atoms. The molecule has 2 fully saturated rings. The lowest BCUT2D eigenvalue weighted by atomic mass is 9.97. The molecule has 1 N–H and O–H groups in total. The molecule has 40 heavy (non-hydrogen) atoms. The molecule has 0 amide bonds. The van der Waals surface area contributed by atoms with E-state index in [2.05, 4.69) is 4.98 Å². The number of ether oxygens (including phenoxy) is 4. The van der Waals surface area contributed by atoms with Gasteiger partial charge in [-0.3, -0.25) is 32.7 Å². The zero-order valence-electron chi connectivity index (χ0n) is 23.1. The number of alkyl halides is 2. The van der Waals surface area contributed by atoms with Gasteiger partial charge < -0.3 is 18.9 Å². The number of hydrogen-bond acceptors (Lipinski definition) is 11. The summed E-state index contributed by atoms with van der Waals surface area (Å²) in [5.74, 6) is -0.594. The average Bonchev–Trinajstić information content (AvgIpc) is 3.17.